The molecule has 3 saturated heterocycles. The summed E-state index contributed by atoms with van der Waals surface area (Å²) in [6.45, 7) is 11.6. The van der Waals surface area contributed by atoms with Crippen molar-refractivity contribution in [2.75, 3.05) is 57.7 Å². The van der Waals surface area contributed by atoms with E-state index in [0.29, 0.717) is 44.6 Å². The summed E-state index contributed by atoms with van der Waals surface area (Å²) in [5.41, 5.74) is 8.07. The van der Waals surface area contributed by atoms with Gasteiger partial charge in [-0.05, 0) is 106 Å². The van der Waals surface area contributed by atoms with Crippen LogP contribution in [0.4, 0.5) is 0 Å². The molecular weight excluding hydrogens is 871 g/mol. The van der Waals surface area contributed by atoms with Crippen LogP contribution in [0.15, 0.2) is 72.8 Å². The summed E-state index contributed by atoms with van der Waals surface area (Å²) in [5.74, 6) is 0.618. The summed E-state index contributed by atoms with van der Waals surface area (Å²) in [4.78, 5) is 66.5. The summed E-state index contributed by atoms with van der Waals surface area (Å²) in [7, 11) is 0. The second-order valence-electron chi connectivity index (χ2n) is 17.4. The second kappa shape index (κ2) is 25.1. The Balaban J connectivity index is 0.000000179. The molecule has 64 heavy (non-hydrogen) atoms. The third-order valence-corrected chi connectivity index (χ3v) is 12.7. The maximum Gasteiger partial charge on any atom is 0.236 e. The molecule has 15 heteroatoms. The van der Waals surface area contributed by atoms with Gasteiger partial charge < -0.3 is 25.3 Å². The Hall–Kier alpha value is -4.67. The number of likely N-dealkylation sites (tertiary alicyclic amines) is 3. The van der Waals surface area contributed by atoms with E-state index < -0.39 is 0 Å². The molecule has 3 amide bonds. The van der Waals surface area contributed by atoms with Crippen molar-refractivity contribution in [1.29, 1.82) is 0 Å². The molecule has 0 aliphatic carbocycles. The van der Waals surface area contributed by atoms with Gasteiger partial charge in [0.15, 0.2) is 0 Å². The first-order chi connectivity index (χ1) is 31.4. The average molecular weight is 937 g/mol. The number of halogens is 1. The standard InChI is InChI=1S/C28H38N6O2.C14H16N4.C7H12BrNO/c35-27(33-13-3-1-4-14-33)21-31-17-23-9-7-11-25(29-23)19-32(20-26-12-8-10-24(18-31)30-26)22-28(36)34-15-5-2-6-16-34;1-3-11-7-15-9-13-5-2-6-14(18-13)10-16-8-12(4-1)17-11;8-6-7(10)9-4-2-1-3-5-9/h7-12H,1-6,13-22H2;1-6,15-16H,7-10H2;1-6H2. The molecule has 2 N–H and O–H groups in total. The number of piperidine rings is 3. The Labute approximate surface area is 387 Å². The number of amides is 3. The predicted octanol–water partition coefficient (Wildman–Crippen LogP) is 5.58. The molecule has 9 heterocycles. The number of carbonyl (C=O) groups excluding carboxylic acids is 3. The van der Waals surface area contributed by atoms with Crippen LogP contribution < -0.4 is 10.6 Å². The fourth-order valence-electron chi connectivity index (χ4n) is 8.85. The molecule has 5 aliphatic rings. The molecule has 3 fully saturated rings. The minimum atomic E-state index is 0.191. The molecule has 5 aliphatic heterocycles. The van der Waals surface area contributed by atoms with Gasteiger partial charge in [-0.25, -0.2) is 0 Å². The predicted molar refractivity (Wildman–Crippen MR) is 251 cm³/mol. The zero-order valence-electron chi connectivity index (χ0n) is 37.4. The Morgan fingerprint density at radius 2 is 0.672 bits per heavy atom. The molecule has 0 radical (unpaired) electrons. The number of nitrogens with zero attached hydrogens (tertiary/aromatic N) is 9. The number of nitrogens with one attached hydrogen (secondary N) is 2. The Morgan fingerprint density at radius 3 is 0.969 bits per heavy atom. The molecule has 4 aromatic rings. The Bertz CT molecular complexity index is 1890. The molecule has 9 rings (SSSR count). The summed E-state index contributed by atoms with van der Waals surface area (Å²) in [5, 5.41) is 7.23. The van der Waals surface area contributed by atoms with E-state index in [9.17, 15) is 14.4 Å². The molecular formula is C49H66BrN11O3. The minimum Gasteiger partial charge on any atom is -0.342 e. The number of carbonyl (C=O) groups is 3. The summed E-state index contributed by atoms with van der Waals surface area (Å²) < 4.78 is 0. The number of hydrogen-bond acceptors (Lipinski definition) is 11. The molecule has 0 aromatic carbocycles. The largest absolute Gasteiger partial charge is 0.342 e. The van der Waals surface area contributed by atoms with Crippen LogP contribution in [0.3, 0.4) is 0 Å². The van der Waals surface area contributed by atoms with Crippen LogP contribution in [0.25, 0.3) is 0 Å². The highest BCUT2D eigenvalue weighted by atomic mass is 79.9. The monoisotopic (exact) mass is 935 g/mol. The lowest BCUT2D eigenvalue weighted by Crippen LogP contribution is -2.43. The number of aromatic nitrogens is 4. The van der Waals surface area contributed by atoms with Crippen molar-refractivity contribution in [3.63, 3.8) is 0 Å². The zero-order valence-corrected chi connectivity index (χ0v) is 39.0. The van der Waals surface area contributed by atoms with Crippen molar-refractivity contribution in [3.8, 4) is 0 Å². The molecule has 8 bridgehead atoms. The van der Waals surface area contributed by atoms with Crippen LogP contribution in [-0.4, -0.2) is 120 Å². The number of fused-ring (bicyclic) bond motifs is 8. The van der Waals surface area contributed by atoms with Crippen LogP contribution in [0.2, 0.25) is 0 Å². The van der Waals surface area contributed by atoms with Gasteiger partial charge in [0.25, 0.3) is 0 Å². The van der Waals surface area contributed by atoms with E-state index in [1.54, 1.807) is 0 Å². The topological polar surface area (TPSA) is 143 Å². The van der Waals surface area contributed by atoms with Crippen molar-refractivity contribution in [2.45, 2.75) is 110 Å². The van der Waals surface area contributed by atoms with E-state index in [0.717, 1.165) is 137 Å². The molecule has 342 valence electrons. The first-order valence-electron chi connectivity index (χ1n) is 23.4. The van der Waals surface area contributed by atoms with Crippen LogP contribution >= 0.6 is 15.9 Å². The maximum atomic E-state index is 13.1. The number of hydrogen-bond donors (Lipinski definition) is 2. The van der Waals surface area contributed by atoms with E-state index in [4.69, 9.17) is 9.97 Å². The van der Waals surface area contributed by atoms with Crippen LogP contribution in [0.1, 0.15) is 103 Å². The van der Waals surface area contributed by atoms with E-state index in [-0.39, 0.29) is 17.7 Å². The number of rotatable bonds is 5. The lowest BCUT2D eigenvalue weighted by atomic mass is 10.1. The first-order valence-corrected chi connectivity index (χ1v) is 24.5. The zero-order chi connectivity index (χ0) is 44.4. The fraction of sp³-hybridized carbons (Fsp3) is 0.531. The van der Waals surface area contributed by atoms with Gasteiger partial charge in [0, 0.05) is 91.6 Å². The smallest absolute Gasteiger partial charge is 0.236 e. The lowest BCUT2D eigenvalue weighted by molar-refractivity contribution is -0.134. The van der Waals surface area contributed by atoms with Crippen molar-refractivity contribution in [1.82, 2.24) is 55.1 Å². The van der Waals surface area contributed by atoms with Crippen LogP contribution in [0, 0.1) is 0 Å². The molecule has 0 spiro atoms. The highest BCUT2D eigenvalue weighted by molar-refractivity contribution is 9.09. The Kier molecular flexibility index (Phi) is 18.6. The first kappa shape index (κ1) is 47.3. The lowest BCUT2D eigenvalue weighted by Gasteiger charge is -2.31. The normalized spacial score (nSPS) is 18.5. The molecule has 0 unspecified atom stereocenters. The summed E-state index contributed by atoms with van der Waals surface area (Å²) in [6.07, 6.45) is 10.4. The number of pyridine rings is 4. The van der Waals surface area contributed by atoms with Gasteiger partial charge in [-0.3, -0.25) is 44.1 Å². The average Bonchev–Trinajstić information content (AvgIpc) is 3.32. The van der Waals surface area contributed by atoms with Gasteiger partial charge in [0.1, 0.15) is 0 Å². The molecule has 0 atom stereocenters. The van der Waals surface area contributed by atoms with Gasteiger partial charge in [0.05, 0.1) is 64.0 Å². The van der Waals surface area contributed by atoms with E-state index >= 15 is 0 Å². The van der Waals surface area contributed by atoms with Crippen molar-refractivity contribution < 1.29 is 14.4 Å². The van der Waals surface area contributed by atoms with Gasteiger partial charge in [0.2, 0.25) is 17.7 Å². The van der Waals surface area contributed by atoms with Crippen LogP contribution in [-0.2, 0) is 66.7 Å². The SMILES string of the molecule is O=C(CBr)N1CCCCC1.O=C(CN1Cc2cccc(n2)CN(CC(=O)N2CCCCC2)Cc2cccc(n2)C1)N1CCCCC1.c1cc2nc(c1)CNCc1cccc(n1)CNC2. The quantitative estimate of drug-likeness (QED) is 0.242. The maximum absolute atomic E-state index is 13.1. The van der Waals surface area contributed by atoms with E-state index in [1.165, 1.54) is 32.1 Å². The van der Waals surface area contributed by atoms with Crippen LogP contribution in [0.5, 0.6) is 0 Å². The van der Waals surface area contributed by atoms with Crippen molar-refractivity contribution in [2.24, 2.45) is 0 Å². The van der Waals surface area contributed by atoms with Crippen molar-refractivity contribution >= 4 is 33.7 Å². The minimum absolute atomic E-state index is 0.191. The van der Waals surface area contributed by atoms with Gasteiger partial charge in [-0.15, -0.1) is 0 Å². The highest BCUT2D eigenvalue weighted by Gasteiger charge is 2.24. The summed E-state index contributed by atoms with van der Waals surface area (Å²) >= 11 is 3.16. The second-order valence-corrected chi connectivity index (χ2v) is 18.0. The molecule has 4 aromatic heterocycles. The third kappa shape index (κ3) is 15.2. The third-order valence-electron chi connectivity index (χ3n) is 12.2. The molecule has 0 saturated carbocycles. The molecule has 14 nitrogen and oxygen atoms in total. The van der Waals surface area contributed by atoms with E-state index in [2.05, 4.69) is 58.5 Å². The van der Waals surface area contributed by atoms with Gasteiger partial charge >= 0.3 is 0 Å². The van der Waals surface area contributed by atoms with E-state index in [1.807, 2.05) is 75.4 Å². The summed E-state index contributed by atoms with van der Waals surface area (Å²) in [6, 6.07) is 24.5. The Morgan fingerprint density at radius 1 is 0.406 bits per heavy atom. The fourth-order valence-corrected chi connectivity index (χ4v) is 9.20. The van der Waals surface area contributed by atoms with Crippen molar-refractivity contribution in [3.05, 3.63) is 118 Å². The number of alkyl halides is 1. The highest BCUT2D eigenvalue weighted by Crippen LogP contribution is 2.17. The van der Waals surface area contributed by atoms with Gasteiger partial charge in [-0.1, -0.05) is 40.2 Å². The van der Waals surface area contributed by atoms with Gasteiger partial charge in [-0.2, -0.15) is 0 Å².